The summed E-state index contributed by atoms with van der Waals surface area (Å²) in [6.07, 6.45) is 4.21. The minimum atomic E-state index is -0.902. The maximum Gasteiger partial charge on any atom is 0.326 e. The SMILES string of the molecule is CCC(CC)CC(=O)NC(C(=O)O)C1CC1. The van der Waals surface area contributed by atoms with Gasteiger partial charge in [0.15, 0.2) is 0 Å². The molecule has 1 unspecified atom stereocenters. The molecule has 0 aromatic rings. The van der Waals surface area contributed by atoms with E-state index < -0.39 is 12.0 Å². The Labute approximate surface area is 96.4 Å². The van der Waals surface area contributed by atoms with Crippen molar-refractivity contribution in [1.82, 2.24) is 5.32 Å². The van der Waals surface area contributed by atoms with Crippen molar-refractivity contribution < 1.29 is 14.7 Å². The van der Waals surface area contributed by atoms with E-state index in [-0.39, 0.29) is 11.8 Å². The monoisotopic (exact) mass is 227 g/mol. The molecular formula is C12H21NO3. The first-order valence-corrected chi connectivity index (χ1v) is 6.10. The van der Waals surface area contributed by atoms with Gasteiger partial charge >= 0.3 is 5.97 Å². The summed E-state index contributed by atoms with van der Waals surface area (Å²) in [6.45, 7) is 4.11. The van der Waals surface area contributed by atoms with Crippen LogP contribution in [0.3, 0.4) is 0 Å². The fourth-order valence-corrected chi connectivity index (χ4v) is 1.88. The van der Waals surface area contributed by atoms with Gasteiger partial charge in [0.2, 0.25) is 5.91 Å². The normalized spacial score (nSPS) is 17.2. The highest BCUT2D eigenvalue weighted by atomic mass is 16.4. The molecule has 1 amide bonds. The van der Waals surface area contributed by atoms with Crippen molar-refractivity contribution in [2.24, 2.45) is 11.8 Å². The van der Waals surface area contributed by atoms with Crippen LogP contribution >= 0.6 is 0 Å². The van der Waals surface area contributed by atoms with Crippen LogP contribution < -0.4 is 5.32 Å². The first-order valence-electron chi connectivity index (χ1n) is 6.10. The lowest BCUT2D eigenvalue weighted by molar-refractivity contribution is -0.142. The Hall–Kier alpha value is -1.06. The van der Waals surface area contributed by atoms with Crippen molar-refractivity contribution >= 4 is 11.9 Å². The molecule has 1 atom stereocenters. The van der Waals surface area contributed by atoms with Crippen molar-refractivity contribution in [1.29, 1.82) is 0 Å². The second-order valence-electron chi connectivity index (χ2n) is 4.61. The predicted octanol–water partition coefficient (Wildman–Crippen LogP) is 1.79. The minimum absolute atomic E-state index is 0.118. The van der Waals surface area contributed by atoms with E-state index in [9.17, 15) is 9.59 Å². The van der Waals surface area contributed by atoms with Gasteiger partial charge in [0, 0.05) is 6.42 Å². The van der Waals surface area contributed by atoms with E-state index in [4.69, 9.17) is 5.11 Å². The van der Waals surface area contributed by atoms with E-state index in [0.29, 0.717) is 12.3 Å². The molecule has 1 fully saturated rings. The summed E-state index contributed by atoms with van der Waals surface area (Å²) in [7, 11) is 0. The fraction of sp³-hybridized carbons (Fsp3) is 0.833. The van der Waals surface area contributed by atoms with Crippen LogP contribution in [-0.2, 0) is 9.59 Å². The average molecular weight is 227 g/mol. The Morgan fingerprint density at radius 3 is 2.25 bits per heavy atom. The molecule has 0 aromatic heterocycles. The first kappa shape index (κ1) is 13.0. The number of hydrogen-bond donors (Lipinski definition) is 2. The summed E-state index contributed by atoms with van der Waals surface area (Å²) in [5.41, 5.74) is 0. The maximum atomic E-state index is 11.6. The summed E-state index contributed by atoms with van der Waals surface area (Å²) >= 11 is 0. The van der Waals surface area contributed by atoms with Gasteiger partial charge in [0.25, 0.3) is 0 Å². The van der Waals surface area contributed by atoms with Crippen LogP contribution in [0.25, 0.3) is 0 Å². The van der Waals surface area contributed by atoms with Crippen molar-refractivity contribution in [2.45, 2.75) is 52.0 Å². The van der Waals surface area contributed by atoms with E-state index in [1.807, 2.05) is 0 Å². The number of aliphatic carboxylic acids is 1. The highest BCUT2D eigenvalue weighted by molar-refractivity contribution is 5.84. The molecule has 0 radical (unpaired) electrons. The number of amides is 1. The quantitative estimate of drug-likeness (QED) is 0.697. The van der Waals surface area contributed by atoms with Gasteiger partial charge < -0.3 is 10.4 Å². The highest BCUT2D eigenvalue weighted by Crippen LogP contribution is 2.32. The van der Waals surface area contributed by atoms with Crippen molar-refractivity contribution in [2.75, 3.05) is 0 Å². The average Bonchev–Trinajstić information content (AvgIpc) is 3.05. The topological polar surface area (TPSA) is 66.4 Å². The van der Waals surface area contributed by atoms with E-state index in [2.05, 4.69) is 19.2 Å². The predicted molar refractivity (Wildman–Crippen MR) is 61.0 cm³/mol. The molecule has 1 rings (SSSR count). The van der Waals surface area contributed by atoms with Gasteiger partial charge in [0.05, 0.1) is 0 Å². The summed E-state index contributed by atoms with van der Waals surface area (Å²) < 4.78 is 0. The molecule has 4 nitrogen and oxygen atoms in total. The highest BCUT2D eigenvalue weighted by Gasteiger charge is 2.37. The number of hydrogen-bond acceptors (Lipinski definition) is 2. The second kappa shape index (κ2) is 5.87. The minimum Gasteiger partial charge on any atom is -0.480 e. The third-order valence-corrected chi connectivity index (χ3v) is 3.30. The first-order chi connectivity index (χ1) is 7.58. The zero-order chi connectivity index (χ0) is 12.1. The van der Waals surface area contributed by atoms with Gasteiger partial charge in [0.1, 0.15) is 6.04 Å². The van der Waals surface area contributed by atoms with Crippen LogP contribution in [0.15, 0.2) is 0 Å². The summed E-state index contributed by atoms with van der Waals surface area (Å²) in [5, 5.41) is 11.6. The molecule has 2 N–H and O–H groups in total. The van der Waals surface area contributed by atoms with Gasteiger partial charge in [-0.15, -0.1) is 0 Å². The van der Waals surface area contributed by atoms with E-state index >= 15 is 0 Å². The van der Waals surface area contributed by atoms with E-state index in [1.54, 1.807) is 0 Å². The summed E-state index contributed by atoms with van der Waals surface area (Å²) in [6, 6.07) is -0.665. The lowest BCUT2D eigenvalue weighted by Crippen LogP contribution is -2.42. The zero-order valence-electron chi connectivity index (χ0n) is 10.0. The largest absolute Gasteiger partial charge is 0.480 e. The summed E-state index contributed by atoms with van der Waals surface area (Å²) in [4.78, 5) is 22.6. The molecule has 0 bridgehead atoms. The van der Waals surface area contributed by atoms with E-state index in [1.165, 1.54) is 0 Å². The molecule has 1 aliphatic rings. The number of nitrogens with one attached hydrogen (secondary N) is 1. The molecule has 0 saturated heterocycles. The Morgan fingerprint density at radius 1 is 1.31 bits per heavy atom. The number of carboxylic acids is 1. The third kappa shape index (κ3) is 3.83. The van der Waals surface area contributed by atoms with Crippen LogP contribution in [0.4, 0.5) is 0 Å². The Balaban J connectivity index is 2.39. The van der Waals surface area contributed by atoms with Crippen molar-refractivity contribution in [3.8, 4) is 0 Å². The molecule has 0 aromatic carbocycles. The molecule has 16 heavy (non-hydrogen) atoms. The molecule has 0 heterocycles. The third-order valence-electron chi connectivity index (χ3n) is 3.30. The Morgan fingerprint density at radius 2 is 1.88 bits per heavy atom. The van der Waals surface area contributed by atoms with Crippen LogP contribution in [0.2, 0.25) is 0 Å². The van der Waals surface area contributed by atoms with Gasteiger partial charge in [-0.1, -0.05) is 26.7 Å². The second-order valence-corrected chi connectivity index (χ2v) is 4.61. The molecule has 0 spiro atoms. The number of rotatable bonds is 7. The van der Waals surface area contributed by atoms with Crippen LogP contribution in [-0.4, -0.2) is 23.0 Å². The standard InChI is InChI=1S/C12H21NO3/c1-3-8(4-2)7-10(14)13-11(12(15)16)9-5-6-9/h8-9,11H,3-7H2,1-2H3,(H,13,14)(H,15,16). The number of carbonyl (C=O) groups is 2. The zero-order valence-corrected chi connectivity index (χ0v) is 10.0. The van der Waals surface area contributed by atoms with Crippen molar-refractivity contribution in [3.05, 3.63) is 0 Å². The summed E-state index contributed by atoms with van der Waals surface area (Å²) in [5.74, 6) is -0.495. The maximum absolute atomic E-state index is 11.6. The van der Waals surface area contributed by atoms with Crippen molar-refractivity contribution in [3.63, 3.8) is 0 Å². The smallest absolute Gasteiger partial charge is 0.326 e. The molecule has 4 heteroatoms. The molecule has 1 saturated carbocycles. The van der Waals surface area contributed by atoms with Crippen LogP contribution in [0.5, 0.6) is 0 Å². The van der Waals surface area contributed by atoms with Gasteiger partial charge in [-0.25, -0.2) is 4.79 Å². The molecule has 92 valence electrons. The fourth-order valence-electron chi connectivity index (χ4n) is 1.88. The molecule has 0 aliphatic heterocycles. The van der Waals surface area contributed by atoms with Crippen LogP contribution in [0, 0.1) is 11.8 Å². The van der Waals surface area contributed by atoms with Gasteiger partial charge in [-0.05, 0) is 24.7 Å². The van der Waals surface area contributed by atoms with Crippen LogP contribution in [0.1, 0.15) is 46.0 Å². The number of carbonyl (C=O) groups excluding carboxylic acids is 1. The number of carboxylic acid groups (broad SMARTS) is 1. The van der Waals surface area contributed by atoms with Gasteiger partial charge in [-0.2, -0.15) is 0 Å². The van der Waals surface area contributed by atoms with Gasteiger partial charge in [-0.3, -0.25) is 4.79 Å². The molecular weight excluding hydrogens is 206 g/mol. The van der Waals surface area contributed by atoms with E-state index in [0.717, 1.165) is 25.7 Å². The Kier molecular flexibility index (Phi) is 4.77. The molecule has 1 aliphatic carbocycles. The lowest BCUT2D eigenvalue weighted by atomic mass is 9.99. The lowest BCUT2D eigenvalue weighted by Gasteiger charge is -2.16. The Bertz CT molecular complexity index is 257.